The number of rotatable bonds is 12. The maximum Gasteiger partial charge on any atom is 0.311 e. The first-order valence-electron chi connectivity index (χ1n) is 8.39. The Morgan fingerprint density at radius 1 is 0.750 bits per heavy atom. The first-order chi connectivity index (χ1) is 11.7. The Bertz CT molecular complexity index is 459. The second-order valence-electron chi connectivity index (χ2n) is 5.49. The summed E-state index contributed by atoms with van der Waals surface area (Å²) in [4.78, 5) is 23.4. The highest BCUT2D eigenvalue weighted by atomic mass is 16.5. The molecule has 0 aromatic heterocycles. The van der Waals surface area contributed by atoms with Gasteiger partial charge in [-0.25, -0.2) is 0 Å². The smallest absolute Gasteiger partial charge is 0.311 e. The predicted molar refractivity (Wildman–Crippen MR) is 88.8 cm³/mol. The van der Waals surface area contributed by atoms with Crippen molar-refractivity contribution >= 4 is 11.9 Å². The van der Waals surface area contributed by atoms with E-state index in [1.165, 1.54) is 6.07 Å². The summed E-state index contributed by atoms with van der Waals surface area (Å²) < 4.78 is 10.4. The van der Waals surface area contributed by atoms with Crippen LogP contribution in [0.5, 0.6) is 11.5 Å². The highest BCUT2D eigenvalue weighted by molar-refractivity contribution is 5.74. The average Bonchev–Trinajstić information content (AvgIpc) is 2.56. The molecule has 0 saturated carbocycles. The zero-order chi connectivity index (χ0) is 17.6. The van der Waals surface area contributed by atoms with Crippen molar-refractivity contribution in [2.45, 2.75) is 51.4 Å². The van der Waals surface area contributed by atoms with Crippen LogP contribution >= 0.6 is 0 Å². The molecule has 2 N–H and O–H groups in total. The van der Waals surface area contributed by atoms with E-state index in [4.69, 9.17) is 19.7 Å². The van der Waals surface area contributed by atoms with Crippen LogP contribution in [0.1, 0.15) is 51.4 Å². The molecular weight excluding hydrogens is 312 g/mol. The summed E-state index contributed by atoms with van der Waals surface area (Å²) in [6, 6.07) is 6.43. The molecule has 24 heavy (non-hydrogen) atoms. The highest BCUT2D eigenvalue weighted by Gasteiger charge is 2.08. The van der Waals surface area contributed by atoms with Crippen LogP contribution in [0, 0.1) is 0 Å². The first kappa shape index (κ1) is 20.1. The van der Waals surface area contributed by atoms with E-state index in [2.05, 4.69) is 0 Å². The molecule has 0 fully saturated rings. The van der Waals surface area contributed by atoms with Gasteiger partial charge in [0.25, 0.3) is 0 Å². The number of unbranched alkanes of at least 4 members (excludes halogenated alkanes) is 4. The SMILES string of the molecule is O=C(CCCCCO)Oc1cccc(OC(=O)CCCCCO)c1. The van der Waals surface area contributed by atoms with Crippen LogP contribution in [0.4, 0.5) is 0 Å². The number of benzene rings is 1. The van der Waals surface area contributed by atoms with Crippen LogP contribution in [-0.2, 0) is 9.59 Å². The summed E-state index contributed by atoms with van der Waals surface area (Å²) in [5, 5.41) is 17.4. The summed E-state index contributed by atoms with van der Waals surface area (Å²) in [7, 11) is 0. The van der Waals surface area contributed by atoms with Gasteiger partial charge < -0.3 is 19.7 Å². The molecule has 0 heterocycles. The molecule has 0 amide bonds. The van der Waals surface area contributed by atoms with Crippen LogP contribution in [-0.4, -0.2) is 35.4 Å². The quantitative estimate of drug-likeness (QED) is 0.346. The largest absolute Gasteiger partial charge is 0.426 e. The summed E-state index contributed by atoms with van der Waals surface area (Å²) >= 11 is 0. The molecular formula is C18H26O6. The Kier molecular flexibility index (Phi) is 10.5. The fraction of sp³-hybridized carbons (Fsp3) is 0.556. The summed E-state index contributed by atoms with van der Waals surface area (Å²) in [6.45, 7) is 0.255. The molecule has 1 aromatic carbocycles. The lowest BCUT2D eigenvalue weighted by Gasteiger charge is -2.07. The normalized spacial score (nSPS) is 10.4. The fourth-order valence-corrected chi connectivity index (χ4v) is 2.08. The van der Waals surface area contributed by atoms with E-state index in [9.17, 15) is 9.59 Å². The Balaban J connectivity index is 2.37. The topological polar surface area (TPSA) is 93.1 Å². The Hall–Kier alpha value is -1.92. The molecule has 0 aliphatic carbocycles. The zero-order valence-corrected chi connectivity index (χ0v) is 13.9. The third-order valence-electron chi connectivity index (χ3n) is 3.35. The molecule has 0 aliphatic heterocycles. The van der Waals surface area contributed by atoms with E-state index in [0.29, 0.717) is 37.2 Å². The van der Waals surface area contributed by atoms with Crippen LogP contribution in [0.15, 0.2) is 24.3 Å². The second kappa shape index (κ2) is 12.5. The lowest BCUT2D eigenvalue weighted by Crippen LogP contribution is -2.09. The van der Waals surface area contributed by atoms with E-state index in [-0.39, 0.29) is 38.0 Å². The van der Waals surface area contributed by atoms with Gasteiger partial charge in [-0.1, -0.05) is 18.9 Å². The maximum absolute atomic E-state index is 11.7. The lowest BCUT2D eigenvalue weighted by molar-refractivity contribution is -0.135. The van der Waals surface area contributed by atoms with Gasteiger partial charge in [0.15, 0.2) is 0 Å². The van der Waals surface area contributed by atoms with Gasteiger partial charge >= 0.3 is 11.9 Å². The van der Waals surface area contributed by atoms with E-state index >= 15 is 0 Å². The molecule has 0 bridgehead atoms. The molecule has 134 valence electrons. The van der Waals surface area contributed by atoms with Gasteiger partial charge in [0, 0.05) is 32.1 Å². The van der Waals surface area contributed by atoms with Crippen molar-refractivity contribution in [2.75, 3.05) is 13.2 Å². The van der Waals surface area contributed by atoms with Gasteiger partial charge in [-0.3, -0.25) is 9.59 Å². The second-order valence-corrected chi connectivity index (χ2v) is 5.49. The maximum atomic E-state index is 11.7. The van der Waals surface area contributed by atoms with E-state index in [0.717, 1.165) is 12.8 Å². The number of aliphatic hydroxyl groups is 2. The van der Waals surface area contributed by atoms with E-state index in [1.54, 1.807) is 18.2 Å². The molecule has 0 aliphatic rings. The minimum atomic E-state index is -0.347. The van der Waals surface area contributed by atoms with Crippen LogP contribution < -0.4 is 9.47 Å². The van der Waals surface area contributed by atoms with Crippen LogP contribution in [0.2, 0.25) is 0 Å². The van der Waals surface area contributed by atoms with Crippen molar-refractivity contribution < 1.29 is 29.3 Å². The number of aliphatic hydroxyl groups excluding tert-OH is 2. The van der Waals surface area contributed by atoms with Gasteiger partial charge in [-0.05, 0) is 37.8 Å². The molecule has 0 radical (unpaired) electrons. The van der Waals surface area contributed by atoms with Gasteiger partial charge in [-0.2, -0.15) is 0 Å². The van der Waals surface area contributed by atoms with Gasteiger partial charge in [0.1, 0.15) is 11.5 Å². The van der Waals surface area contributed by atoms with Crippen molar-refractivity contribution in [3.8, 4) is 11.5 Å². The van der Waals surface area contributed by atoms with Gasteiger partial charge in [0.2, 0.25) is 0 Å². The standard InChI is InChI=1S/C18H26O6/c19-12-5-1-3-10-17(21)23-15-8-7-9-16(14-15)24-18(22)11-4-2-6-13-20/h7-9,14,19-20H,1-6,10-13H2. The molecule has 6 heteroatoms. The Morgan fingerprint density at radius 3 is 1.62 bits per heavy atom. The number of ether oxygens (including phenoxy) is 2. The van der Waals surface area contributed by atoms with Gasteiger partial charge in [0.05, 0.1) is 0 Å². The predicted octanol–water partition coefficient (Wildman–Crippen LogP) is 2.60. The molecule has 1 aromatic rings. The zero-order valence-electron chi connectivity index (χ0n) is 13.9. The molecule has 1 rings (SSSR count). The monoisotopic (exact) mass is 338 g/mol. The van der Waals surface area contributed by atoms with Crippen molar-refractivity contribution in [1.29, 1.82) is 0 Å². The van der Waals surface area contributed by atoms with E-state index in [1.807, 2.05) is 0 Å². The van der Waals surface area contributed by atoms with Crippen LogP contribution in [0.3, 0.4) is 0 Å². The Labute approximate surface area is 142 Å². The van der Waals surface area contributed by atoms with Crippen molar-refractivity contribution in [2.24, 2.45) is 0 Å². The lowest BCUT2D eigenvalue weighted by atomic mass is 10.2. The highest BCUT2D eigenvalue weighted by Crippen LogP contribution is 2.21. The molecule has 0 saturated heterocycles. The van der Waals surface area contributed by atoms with Crippen molar-refractivity contribution in [3.05, 3.63) is 24.3 Å². The number of esters is 2. The minimum absolute atomic E-state index is 0.127. The van der Waals surface area contributed by atoms with Crippen LogP contribution in [0.25, 0.3) is 0 Å². The molecule has 0 spiro atoms. The summed E-state index contributed by atoms with van der Waals surface area (Å²) in [5.41, 5.74) is 0. The first-order valence-corrected chi connectivity index (χ1v) is 8.39. The summed E-state index contributed by atoms with van der Waals surface area (Å²) in [5.74, 6) is -0.0127. The average molecular weight is 338 g/mol. The molecule has 0 atom stereocenters. The number of carbonyl (C=O) groups is 2. The van der Waals surface area contributed by atoms with Crippen molar-refractivity contribution in [1.82, 2.24) is 0 Å². The number of carbonyl (C=O) groups excluding carboxylic acids is 2. The number of hydrogen-bond donors (Lipinski definition) is 2. The molecule has 0 unspecified atom stereocenters. The van der Waals surface area contributed by atoms with E-state index < -0.39 is 0 Å². The van der Waals surface area contributed by atoms with Crippen molar-refractivity contribution in [3.63, 3.8) is 0 Å². The van der Waals surface area contributed by atoms with Gasteiger partial charge in [-0.15, -0.1) is 0 Å². The Morgan fingerprint density at radius 2 is 1.21 bits per heavy atom. The molecule has 6 nitrogen and oxygen atoms in total. The number of hydrogen-bond acceptors (Lipinski definition) is 6. The minimum Gasteiger partial charge on any atom is -0.426 e. The fourth-order valence-electron chi connectivity index (χ4n) is 2.08. The third-order valence-corrected chi connectivity index (χ3v) is 3.35. The summed E-state index contributed by atoms with van der Waals surface area (Å²) in [6.07, 6.45) is 4.82. The third kappa shape index (κ3) is 9.27.